The predicted octanol–water partition coefficient (Wildman–Crippen LogP) is 1.65. The first-order valence-electron chi connectivity index (χ1n) is 5.30. The van der Waals surface area contributed by atoms with Gasteiger partial charge in [-0.2, -0.15) is 0 Å². The summed E-state index contributed by atoms with van der Waals surface area (Å²) in [4.78, 5) is 6.48. The van der Waals surface area contributed by atoms with E-state index in [0.29, 0.717) is 12.5 Å². The fraction of sp³-hybridized carbons (Fsp3) is 0.909. The molecule has 0 aromatic carbocycles. The van der Waals surface area contributed by atoms with Gasteiger partial charge in [0, 0.05) is 11.1 Å². The van der Waals surface area contributed by atoms with Crippen molar-refractivity contribution in [3.63, 3.8) is 0 Å². The number of aliphatic imine (C=N–C) groups is 1. The van der Waals surface area contributed by atoms with E-state index in [1.807, 2.05) is 14.1 Å². The molecule has 0 atom stereocenters. The topological polar surface area (TPSA) is 53.6 Å². The van der Waals surface area contributed by atoms with Crippen molar-refractivity contribution >= 4 is 29.9 Å². The third-order valence-electron chi connectivity index (χ3n) is 2.35. The van der Waals surface area contributed by atoms with Crippen LogP contribution < -0.4 is 11.1 Å². The van der Waals surface area contributed by atoms with Crippen LogP contribution in [0.2, 0.25) is 0 Å². The number of guanidine groups is 1. The minimum absolute atomic E-state index is 0. The van der Waals surface area contributed by atoms with Crippen molar-refractivity contribution in [2.45, 2.75) is 45.7 Å². The zero-order valence-electron chi connectivity index (χ0n) is 11.6. The molecule has 0 aromatic heterocycles. The highest BCUT2D eigenvalue weighted by Gasteiger charge is 2.20. The molecule has 5 heteroatoms. The lowest BCUT2D eigenvalue weighted by Gasteiger charge is -2.31. The molecule has 0 aliphatic carbocycles. The molecule has 3 N–H and O–H groups in total. The molecule has 0 unspecified atom stereocenters. The average molecular weight is 342 g/mol. The third-order valence-corrected chi connectivity index (χ3v) is 2.35. The van der Waals surface area contributed by atoms with E-state index in [9.17, 15) is 0 Å². The summed E-state index contributed by atoms with van der Waals surface area (Å²) in [6.45, 7) is 11.2. The molecule has 98 valence electrons. The van der Waals surface area contributed by atoms with Gasteiger partial charge in [-0.3, -0.25) is 4.99 Å². The van der Waals surface area contributed by atoms with Gasteiger partial charge in [-0.15, -0.1) is 24.0 Å². The monoisotopic (exact) mass is 342 g/mol. The van der Waals surface area contributed by atoms with Crippen LogP contribution in [0.1, 0.15) is 34.6 Å². The standard InChI is InChI=1S/C11H26N4.HI/c1-10(2,3)14-9(12)13-8-11(4,5)15(6)7;/h8H2,1-7H3,(H3,12,13,14);1H. The van der Waals surface area contributed by atoms with Crippen LogP contribution >= 0.6 is 24.0 Å². The Kier molecular flexibility index (Phi) is 7.60. The summed E-state index contributed by atoms with van der Waals surface area (Å²) < 4.78 is 0. The van der Waals surface area contributed by atoms with Crippen LogP contribution in [0.3, 0.4) is 0 Å². The lowest BCUT2D eigenvalue weighted by Crippen LogP contribution is -2.47. The molecule has 4 nitrogen and oxygen atoms in total. The van der Waals surface area contributed by atoms with Crippen LogP contribution in [0.4, 0.5) is 0 Å². The molecular weight excluding hydrogens is 315 g/mol. The maximum atomic E-state index is 5.79. The van der Waals surface area contributed by atoms with Gasteiger partial charge < -0.3 is 16.0 Å². The van der Waals surface area contributed by atoms with E-state index in [-0.39, 0.29) is 35.1 Å². The molecule has 0 radical (unpaired) electrons. The number of nitrogens with zero attached hydrogens (tertiary/aromatic N) is 2. The van der Waals surface area contributed by atoms with E-state index in [1.54, 1.807) is 0 Å². The van der Waals surface area contributed by atoms with Crippen LogP contribution in [-0.4, -0.2) is 42.6 Å². The van der Waals surface area contributed by atoms with E-state index in [4.69, 9.17) is 5.73 Å². The van der Waals surface area contributed by atoms with Gasteiger partial charge in [0.2, 0.25) is 0 Å². The van der Waals surface area contributed by atoms with Crippen molar-refractivity contribution in [3.8, 4) is 0 Å². The maximum absolute atomic E-state index is 5.79. The average Bonchev–Trinajstić information content (AvgIpc) is 1.97. The van der Waals surface area contributed by atoms with Crippen LogP contribution in [0.15, 0.2) is 4.99 Å². The Balaban J connectivity index is 0. The molecule has 0 spiro atoms. The zero-order valence-corrected chi connectivity index (χ0v) is 13.9. The van der Waals surface area contributed by atoms with Gasteiger partial charge in [0.25, 0.3) is 0 Å². The van der Waals surface area contributed by atoms with Gasteiger partial charge >= 0.3 is 0 Å². The van der Waals surface area contributed by atoms with Crippen LogP contribution in [0, 0.1) is 0 Å². The second-order valence-corrected chi connectivity index (χ2v) is 5.78. The van der Waals surface area contributed by atoms with Crippen molar-refractivity contribution in [1.29, 1.82) is 0 Å². The number of halogens is 1. The van der Waals surface area contributed by atoms with E-state index in [2.05, 4.69) is 49.8 Å². The van der Waals surface area contributed by atoms with Crippen molar-refractivity contribution in [2.75, 3.05) is 20.6 Å². The first kappa shape index (κ1) is 18.3. The molecule has 0 heterocycles. The number of hydrogen-bond donors (Lipinski definition) is 2. The summed E-state index contributed by atoms with van der Waals surface area (Å²) >= 11 is 0. The Labute approximate surface area is 117 Å². The van der Waals surface area contributed by atoms with E-state index < -0.39 is 0 Å². The zero-order chi connectivity index (χ0) is 12.3. The first-order chi connectivity index (χ1) is 6.54. The second-order valence-electron chi connectivity index (χ2n) is 5.78. The third kappa shape index (κ3) is 8.15. The van der Waals surface area contributed by atoms with Crippen molar-refractivity contribution in [1.82, 2.24) is 10.2 Å². The summed E-state index contributed by atoms with van der Waals surface area (Å²) in [6, 6.07) is 0. The predicted molar refractivity (Wildman–Crippen MR) is 82.6 cm³/mol. The Bertz CT molecular complexity index is 229. The quantitative estimate of drug-likeness (QED) is 0.466. The van der Waals surface area contributed by atoms with Gasteiger partial charge in [0.1, 0.15) is 0 Å². The minimum Gasteiger partial charge on any atom is -0.370 e. The Morgan fingerprint density at radius 1 is 1.19 bits per heavy atom. The summed E-state index contributed by atoms with van der Waals surface area (Å²) in [5.74, 6) is 0.512. The molecule has 0 saturated heterocycles. The number of nitrogens with two attached hydrogens (primary N) is 1. The highest BCUT2D eigenvalue weighted by atomic mass is 127. The molecule has 0 aromatic rings. The number of hydrogen-bond acceptors (Lipinski definition) is 2. The molecule has 0 saturated carbocycles. The highest BCUT2D eigenvalue weighted by Crippen LogP contribution is 2.09. The highest BCUT2D eigenvalue weighted by molar-refractivity contribution is 14.0. The molecule has 0 aliphatic rings. The van der Waals surface area contributed by atoms with Gasteiger partial charge in [-0.25, -0.2) is 0 Å². The normalized spacial score (nSPS) is 13.6. The molecule has 16 heavy (non-hydrogen) atoms. The fourth-order valence-corrected chi connectivity index (χ4v) is 0.844. The number of likely N-dealkylation sites (N-methyl/N-ethyl adjacent to an activating group) is 1. The van der Waals surface area contributed by atoms with Crippen LogP contribution in [-0.2, 0) is 0 Å². The summed E-state index contributed by atoms with van der Waals surface area (Å²) in [7, 11) is 4.09. The Morgan fingerprint density at radius 2 is 1.62 bits per heavy atom. The Hall–Kier alpha value is -0.0400. The lowest BCUT2D eigenvalue weighted by atomic mass is 10.1. The molecular formula is C11H27IN4. The summed E-state index contributed by atoms with van der Waals surface area (Å²) in [5.41, 5.74) is 5.79. The smallest absolute Gasteiger partial charge is 0.189 e. The van der Waals surface area contributed by atoms with Gasteiger partial charge in [-0.1, -0.05) is 0 Å². The fourth-order valence-electron chi connectivity index (χ4n) is 0.844. The van der Waals surface area contributed by atoms with Crippen molar-refractivity contribution in [3.05, 3.63) is 0 Å². The lowest BCUT2D eigenvalue weighted by molar-refractivity contribution is 0.204. The van der Waals surface area contributed by atoms with Crippen molar-refractivity contribution in [2.24, 2.45) is 10.7 Å². The molecule has 0 amide bonds. The van der Waals surface area contributed by atoms with E-state index in [0.717, 1.165) is 0 Å². The molecule has 0 bridgehead atoms. The van der Waals surface area contributed by atoms with E-state index in [1.165, 1.54) is 0 Å². The van der Waals surface area contributed by atoms with Gasteiger partial charge in [-0.05, 0) is 48.7 Å². The summed E-state index contributed by atoms with van der Waals surface area (Å²) in [5, 5.41) is 3.14. The van der Waals surface area contributed by atoms with Crippen LogP contribution in [0.25, 0.3) is 0 Å². The number of nitrogens with one attached hydrogen (secondary N) is 1. The van der Waals surface area contributed by atoms with Gasteiger partial charge in [0.15, 0.2) is 5.96 Å². The SMILES string of the molecule is CN(C)C(C)(C)CN=C(N)NC(C)(C)C.I. The first-order valence-corrected chi connectivity index (χ1v) is 5.30. The summed E-state index contributed by atoms with van der Waals surface area (Å²) in [6.07, 6.45) is 0. The maximum Gasteiger partial charge on any atom is 0.189 e. The molecule has 0 rings (SSSR count). The largest absolute Gasteiger partial charge is 0.370 e. The number of rotatable bonds is 3. The molecule has 0 aliphatic heterocycles. The molecule has 0 fully saturated rings. The minimum atomic E-state index is -0.0319. The van der Waals surface area contributed by atoms with E-state index >= 15 is 0 Å². The van der Waals surface area contributed by atoms with Gasteiger partial charge in [0.05, 0.1) is 6.54 Å². The van der Waals surface area contributed by atoms with Crippen LogP contribution in [0.5, 0.6) is 0 Å². The van der Waals surface area contributed by atoms with Crippen molar-refractivity contribution < 1.29 is 0 Å². The Morgan fingerprint density at radius 3 is 1.94 bits per heavy atom. The second kappa shape index (κ2) is 6.64.